The van der Waals surface area contributed by atoms with Crippen LogP contribution >= 0.6 is 23.4 Å². The number of hydrogen-bond acceptors (Lipinski definition) is 6. The summed E-state index contributed by atoms with van der Waals surface area (Å²) in [7, 11) is 3.22. The number of Topliss-reactive ketones (excluding diaryl/α,β-unsaturated/α-hetero) is 1. The lowest BCUT2D eigenvalue weighted by Gasteiger charge is -2.11. The normalized spacial score (nSPS) is 10.7. The summed E-state index contributed by atoms with van der Waals surface area (Å²) >= 11 is 7.38. The fourth-order valence-corrected chi connectivity index (χ4v) is 4.08. The number of thioether (sulfide) groups is 1. The summed E-state index contributed by atoms with van der Waals surface area (Å²) in [5, 5.41) is 10.0. The number of hydrogen-bond donors (Lipinski definition) is 0. The number of methoxy groups -OCH3 is 2. The second-order valence-electron chi connectivity index (χ2n) is 6.79. The summed E-state index contributed by atoms with van der Waals surface area (Å²) in [6, 6.07) is 22.1. The average molecular weight is 466 g/mol. The third-order valence-electron chi connectivity index (χ3n) is 4.81. The number of halogens is 1. The van der Waals surface area contributed by atoms with Gasteiger partial charge in [-0.1, -0.05) is 23.4 Å². The Kier molecular flexibility index (Phi) is 6.78. The zero-order valence-corrected chi connectivity index (χ0v) is 19.1. The highest BCUT2D eigenvalue weighted by atomic mass is 35.5. The molecule has 3 aromatic carbocycles. The molecule has 0 aliphatic heterocycles. The highest BCUT2D eigenvalue weighted by Gasteiger charge is 2.18. The average Bonchev–Trinajstić information content (AvgIpc) is 3.27. The number of nitrogens with zero attached hydrogens (tertiary/aromatic N) is 3. The number of rotatable bonds is 8. The number of carbonyl (C=O) groups excluding carboxylic acids is 1. The van der Waals surface area contributed by atoms with Gasteiger partial charge in [0.25, 0.3) is 0 Å². The molecule has 0 radical (unpaired) electrons. The molecule has 162 valence electrons. The van der Waals surface area contributed by atoms with E-state index in [1.54, 1.807) is 38.5 Å². The van der Waals surface area contributed by atoms with Gasteiger partial charge < -0.3 is 9.47 Å². The van der Waals surface area contributed by atoms with E-state index in [1.807, 2.05) is 53.1 Å². The van der Waals surface area contributed by atoms with Crippen LogP contribution < -0.4 is 9.47 Å². The van der Waals surface area contributed by atoms with E-state index in [-0.39, 0.29) is 11.5 Å². The molecule has 1 heterocycles. The molecule has 0 bridgehead atoms. The van der Waals surface area contributed by atoms with Crippen molar-refractivity contribution in [3.63, 3.8) is 0 Å². The van der Waals surface area contributed by atoms with Crippen molar-refractivity contribution in [3.05, 3.63) is 83.4 Å². The Bertz CT molecular complexity index is 1210. The number of ether oxygens (including phenoxy) is 2. The Morgan fingerprint density at radius 2 is 1.47 bits per heavy atom. The summed E-state index contributed by atoms with van der Waals surface area (Å²) in [6.45, 7) is 0. The Labute approximate surface area is 195 Å². The molecular weight excluding hydrogens is 446 g/mol. The molecule has 0 aliphatic rings. The van der Waals surface area contributed by atoms with Gasteiger partial charge in [0.1, 0.15) is 11.5 Å². The maximum Gasteiger partial charge on any atom is 0.196 e. The quantitative estimate of drug-likeness (QED) is 0.250. The summed E-state index contributed by atoms with van der Waals surface area (Å²) in [6.07, 6.45) is 0. The van der Waals surface area contributed by atoms with Crippen molar-refractivity contribution in [1.29, 1.82) is 0 Å². The van der Waals surface area contributed by atoms with Crippen molar-refractivity contribution < 1.29 is 14.3 Å². The zero-order valence-electron chi connectivity index (χ0n) is 17.5. The zero-order chi connectivity index (χ0) is 22.5. The molecule has 8 heteroatoms. The van der Waals surface area contributed by atoms with Crippen LogP contribution in [0, 0.1) is 0 Å². The van der Waals surface area contributed by atoms with Crippen LogP contribution in [0.3, 0.4) is 0 Å². The maximum atomic E-state index is 12.7. The van der Waals surface area contributed by atoms with Crippen LogP contribution in [0.2, 0.25) is 5.02 Å². The van der Waals surface area contributed by atoms with Crippen LogP contribution in [0.1, 0.15) is 10.4 Å². The Morgan fingerprint density at radius 3 is 2.06 bits per heavy atom. The highest BCUT2D eigenvalue weighted by Crippen LogP contribution is 2.30. The summed E-state index contributed by atoms with van der Waals surface area (Å²) in [5.41, 5.74) is 2.35. The largest absolute Gasteiger partial charge is 0.497 e. The van der Waals surface area contributed by atoms with Gasteiger partial charge in [0.2, 0.25) is 0 Å². The number of benzene rings is 3. The minimum Gasteiger partial charge on any atom is -0.497 e. The molecule has 0 atom stereocenters. The fourth-order valence-electron chi connectivity index (χ4n) is 3.10. The van der Waals surface area contributed by atoms with Gasteiger partial charge in [-0.2, -0.15) is 0 Å². The molecule has 4 rings (SSSR count). The van der Waals surface area contributed by atoms with E-state index in [9.17, 15) is 4.79 Å². The van der Waals surface area contributed by atoms with Gasteiger partial charge in [0.05, 0.1) is 20.0 Å². The van der Waals surface area contributed by atoms with Crippen molar-refractivity contribution >= 4 is 29.1 Å². The minimum atomic E-state index is -0.00465. The highest BCUT2D eigenvalue weighted by molar-refractivity contribution is 7.99. The van der Waals surface area contributed by atoms with Gasteiger partial charge in [-0.3, -0.25) is 9.36 Å². The SMILES string of the molecule is COc1ccc(C(=O)CSc2nnc(-c3ccc(Cl)cc3)n2-c2ccc(OC)cc2)cc1. The molecule has 0 fully saturated rings. The van der Waals surface area contributed by atoms with Gasteiger partial charge >= 0.3 is 0 Å². The van der Waals surface area contributed by atoms with Crippen molar-refractivity contribution in [2.75, 3.05) is 20.0 Å². The third kappa shape index (κ3) is 4.79. The second-order valence-corrected chi connectivity index (χ2v) is 8.17. The van der Waals surface area contributed by atoms with Gasteiger partial charge in [-0.25, -0.2) is 0 Å². The first kappa shape index (κ1) is 21.9. The van der Waals surface area contributed by atoms with E-state index < -0.39 is 0 Å². The van der Waals surface area contributed by atoms with Gasteiger partial charge in [-0.15, -0.1) is 10.2 Å². The number of carbonyl (C=O) groups is 1. The Balaban J connectivity index is 1.64. The van der Waals surface area contributed by atoms with Gasteiger partial charge in [0, 0.05) is 21.8 Å². The first-order chi connectivity index (χ1) is 15.6. The molecule has 32 heavy (non-hydrogen) atoms. The lowest BCUT2D eigenvalue weighted by Crippen LogP contribution is -2.05. The number of ketones is 1. The van der Waals surface area contributed by atoms with E-state index >= 15 is 0 Å². The third-order valence-corrected chi connectivity index (χ3v) is 5.99. The van der Waals surface area contributed by atoms with Crippen LogP contribution in [0.25, 0.3) is 17.1 Å². The predicted molar refractivity (Wildman–Crippen MR) is 126 cm³/mol. The lowest BCUT2D eigenvalue weighted by atomic mass is 10.1. The lowest BCUT2D eigenvalue weighted by molar-refractivity contribution is 0.102. The van der Waals surface area contributed by atoms with Crippen LogP contribution in [0.5, 0.6) is 11.5 Å². The van der Waals surface area contributed by atoms with E-state index in [2.05, 4.69) is 10.2 Å². The van der Waals surface area contributed by atoms with Crippen LogP contribution in [-0.2, 0) is 0 Å². The van der Waals surface area contributed by atoms with Gasteiger partial charge in [-0.05, 0) is 72.8 Å². The summed E-state index contributed by atoms with van der Waals surface area (Å²) in [5.74, 6) is 2.34. The summed E-state index contributed by atoms with van der Waals surface area (Å²) < 4.78 is 12.4. The van der Waals surface area contributed by atoms with E-state index in [4.69, 9.17) is 21.1 Å². The second kappa shape index (κ2) is 9.89. The van der Waals surface area contributed by atoms with E-state index in [0.29, 0.717) is 27.3 Å². The molecule has 0 amide bonds. The van der Waals surface area contributed by atoms with Gasteiger partial charge in [0.15, 0.2) is 16.8 Å². The van der Waals surface area contributed by atoms with E-state index in [0.717, 1.165) is 17.0 Å². The smallest absolute Gasteiger partial charge is 0.196 e. The molecule has 6 nitrogen and oxygen atoms in total. The fraction of sp³-hybridized carbons (Fsp3) is 0.125. The molecule has 0 spiro atoms. The molecular formula is C24H20ClN3O3S. The minimum absolute atomic E-state index is 0.00465. The number of aromatic nitrogens is 3. The standard InChI is InChI=1S/C24H20ClN3O3S/c1-30-20-11-5-16(6-12-20)22(29)15-32-24-27-26-23(17-3-7-18(25)8-4-17)28(24)19-9-13-21(31-2)14-10-19/h3-14H,15H2,1-2H3. The monoisotopic (exact) mass is 465 g/mol. The van der Waals surface area contributed by atoms with Crippen molar-refractivity contribution in [3.8, 4) is 28.6 Å². The first-order valence-corrected chi connectivity index (χ1v) is 11.1. The molecule has 0 unspecified atom stereocenters. The molecule has 4 aromatic rings. The van der Waals surface area contributed by atoms with Crippen LogP contribution in [0.4, 0.5) is 0 Å². The molecule has 1 aromatic heterocycles. The Hall–Kier alpha value is -3.29. The first-order valence-electron chi connectivity index (χ1n) is 9.75. The molecule has 0 saturated heterocycles. The molecule has 0 aliphatic carbocycles. The van der Waals surface area contributed by atoms with Crippen molar-refractivity contribution in [1.82, 2.24) is 14.8 Å². The predicted octanol–water partition coefficient (Wildman–Crippen LogP) is 5.58. The van der Waals surface area contributed by atoms with Crippen LogP contribution in [-0.4, -0.2) is 40.5 Å². The molecule has 0 saturated carbocycles. The van der Waals surface area contributed by atoms with Crippen molar-refractivity contribution in [2.24, 2.45) is 0 Å². The summed E-state index contributed by atoms with van der Waals surface area (Å²) in [4.78, 5) is 12.7. The van der Waals surface area contributed by atoms with E-state index in [1.165, 1.54) is 11.8 Å². The Morgan fingerprint density at radius 1 is 0.875 bits per heavy atom. The van der Waals surface area contributed by atoms with Crippen molar-refractivity contribution in [2.45, 2.75) is 5.16 Å². The topological polar surface area (TPSA) is 66.2 Å². The molecule has 0 N–H and O–H groups in total. The maximum absolute atomic E-state index is 12.7. The van der Waals surface area contributed by atoms with Crippen LogP contribution in [0.15, 0.2) is 78.0 Å².